The van der Waals surface area contributed by atoms with Crippen molar-refractivity contribution in [3.63, 3.8) is 0 Å². The summed E-state index contributed by atoms with van der Waals surface area (Å²) in [6.45, 7) is 0. The van der Waals surface area contributed by atoms with E-state index in [1.165, 1.54) is 0 Å². The van der Waals surface area contributed by atoms with Gasteiger partial charge in [0.1, 0.15) is 0 Å². The molecule has 0 fully saturated rings. The minimum atomic E-state index is -0.156. The highest BCUT2D eigenvalue weighted by Gasteiger charge is 2.12. The summed E-state index contributed by atoms with van der Waals surface area (Å²) >= 11 is 9.27. The molecule has 1 aromatic heterocycles. The highest BCUT2D eigenvalue weighted by atomic mass is 79.9. The molecule has 3 rings (SSSR count). The Kier molecular flexibility index (Phi) is 3.51. The van der Waals surface area contributed by atoms with Gasteiger partial charge in [0.2, 0.25) is 0 Å². The molecule has 5 heteroatoms. The number of anilines is 1. The third-order valence-electron chi connectivity index (χ3n) is 3.01. The molecule has 0 atom stereocenters. The lowest BCUT2D eigenvalue weighted by Crippen LogP contribution is -2.11. The van der Waals surface area contributed by atoms with Crippen LogP contribution in [0.25, 0.3) is 10.9 Å². The van der Waals surface area contributed by atoms with Gasteiger partial charge in [-0.25, -0.2) is 0 Å². The smallest absolute Gasteiger partial charge is 0.257 e. The number of carbonyl (C=O) groups is 1. The highest BCUT2D eigenvalue weighted by molar-refractivity contribution is 9.10. The number of aromatic nitrogens is 1. The highest BCUT2D eigenvalue weighted by Crippen LogP contribution is 2.26. The average Bonchev–Trinajstić information content (AvgIpc) is 2.87. The molecule has 0 saturated heterocycles. The second-order valence-electron chi connectivity index (χ2n) is 4.33. The van der Waals surface area contributed by atoms with Crippen LogP contribution in [-0.4, -0.2) is 10.9 Å². The summed E-state index contributed by atoms with van der Waals surface area (Å²) < 4.78 is 0.746. The van der Waals surface area contributed by atoms with Gasteiger partial charge in [0.05, 0.1) is 10.6 Å². The average molecular weight is 350 g/mol. The maximum Gasteiger partial charge on any atom is 0.257 e. The Morgan fingerprint density at radius 2 is 2.00 bits per heavy atom. The summed E-state index contributed by atoms with van der Waals surface area (Å²) in [5.74, 6) is -0.156. The molecule has 0 unspecified atom stereocenters. The molecule has 2 aromatic carbocycles. The van der Waals surface area contributed by atoms with E-state index in [9.17, 15) is 4.79 Å². The number of benzene rings is 2. The van der Waals surface area contributed by atoms with Crippen LogP contribution >= 0.6 is 27.5 Å². The number of carbonyl (C=O) groups excluding carboxylic acids is 1. The molecule has 0 saturated carbocycles. The van der Waals surface area contributed by atoms with E-state index in [2.05, 4.69) is 26.2 Å². The van der Waals surface area contributed by atoms with Crippen LogP contribution < -0.4 is 5.32 Å². The molecule has 0 bridgehead atoms. The van der Waals surface area contributed by atoms with Gasteiger partial charge in [-0.2, -0.15) is 0 Å². The molecule has 0 aliphatic rings. The molecule has 0 aliphatic carbocycles. The lowest BCUT2D eigenvalue weighted by molar-refractivity contribution is 0.102. The summed E-state index contributed by atoms with van der Waals surface area (Å²) in [5.41, 5.74) is 2.25. The van der Waals surface area contributed by atoms with E-state index < -0.39 is 0 Å². The zero-order chi connectivity index (χ0) is 14.1. The van der Waals surface area contributed by atoms with Crippen LogP contribution in [0.1, 0.15) is 10.4 Å². The van der Waals surface area contributed by atoms with Crippen molar-refractivity contribution in [1.29, 1.82) is 0 Å². The van der Waals surface area contributed by atoms with Gasteiger partial charge >= 0.3 is 0 Å². The van der Waals surface area contributed by atoms with Crippen LogP contribution in [0.4, 0.5) is 5.69 Å². The number of nitrogens with one attached hydrogen (secondary N) is 2. The van der Waals surface area contributed by atoms with E-state index in [0.29, 0.717) is 16.3 Å². The van der Waals surface area contributed by atoms with Crippen molar-refractivity contribution in [2.24, 2.45) is 0 Å². The van der Waals surface area contributed by atoms with Crippen molar-refractivity contribution in [1.82, 2.24) is 4.98 Å². The summed E-state index contributed by atoms with van der Waals surface area (Å²) in [5, 5.41) is 4.36. The van der Waals surface area contributed by atoms with Crippen molar-refractivity contribution in [2.45, 2.75) is 0 Å². The molecule has 3 aromatic rings. The monoisotopic (exact) mass is 348 g/mol. The minimum Gasteiger partial charge on any atom is -0.360 e. The van der Waals surface area contributed by atoms with Crippen LogP contribution in [0.5, 0.6) is 0 Å². The van der Waals surface area contributed by atoms with Crippen LogP contribution in [-0.2, 0) is 0 Å². The molecule has 3 nitrogen and oxygen atoms in total. The summed E-state index contributed by atoms with van der Waals surface area (Å²) in [4.78, 5) is 15.4. The third kappa shape index (κ3) is 2.44. The first kappa shape index (κ1) is 13.2. The fraction of sp³-hybridized carbons (Fsp3) is 0. The summed E-state index contributed by atoms with van der Waals surface area (Å²) in [6.07, 6.45) is 1.71. The quantitative estimate of drug-likeness (QED) is 0.683. The van der Waals surface area contributed by atoms with E-state index in [1.54, 1.807) is 24.4 Å². The minimum absolute atomic E-state index is 0.156. The molecular weight excluding hydrogens is 340 g/mol. The largest absolute Gasteiger partial charge is 0.360 e. The number of H-pyrrole nitrogens is 1. The number of hydrogen-bond donors (Lipinski definition) is 2. The molecule has 0 aliphatic heterocycles. The topological polar surface area (TPSA) is 44.9 Å². The Labute approximate surface area is 129 Å². The third-order valence-corrected chi connectivity index (χ3v) is 4.23. The summed E-state index contributed by atoms with van der Waals surface area (Å²) in [6, 6.07) is 13.0. The zero-order valence-electron chi connectivity index (χ0n) is 10.3. The number of hydrogen-bond acceptors (Lipinski definition) is 1. The molecule has 2 N–H and O–H groups in total. The number of halogens is 2. The first-order chi connectivity index (χ1) is 9.65. The predicted molar refractivity (Wildman–Crippen MR) is 85.4 cm³/mol. The number of fused-ring (bicyclic) bond motifs is 1. The van der Waals surface area contributed by atoms with Gasteiger partial charge in [-0.15, -0.1) is 0 Å². The number of rotatable bonds is 2. The number of aromatic amines is 1. The number of para-hydroxylation sites is 1. The molecule has 20 heavy (non-hydrogen) atoms. The van der Waals surface area contributed by atoms with Gasteiger partial charge < -0.3 is 10.3 Å². The van der Waals surface area contributed by atoms with Crippen LogP contribution in [0.2, 0.25) is 5.02 Å². The SMILES string of the molecule is O=C(Nc1ccc(Cl)c(Br)c1)c1c[nH]c2ccccc12. The molecular formula is C15H10BrClN2O. The van der Waals surface area contributed by atoms with Crippen molar-refractivity contribution >= 4 is 50.0 Å². The first-order valence-electron chi connectivity index (χ1n) is 5.97. The molecule has 1 amide bonds. The Hall–Kier alpha value is -1.78. The van der Waals surface area contributed by atoms with E-state index in [-0.39, 0.29) is 5.91 Å². The second kappa shape index (κ2) is 5.31. The maximum absolute atomic E-state index is 12.3. The predicted octanol–water partition coefficient (Wildman–Crippen LogP) is 4.84. The van der Waals surface area contributed by atoms with E-state index in [0.717, 1.165) is 15.4 Å². The normalized spacial score (nSPS) is 10.7. The Morgan fingerprint density at radius 1 is 1.20 bits per heavy atom. The van der Waals surface area contributed by atoms with Gasteiger partial charge in [0.15, 0.2) is 0 Å². The lowest BCUT2D eigenvalue weighted by Gasteiger charge is -2.05. The molecule has 0 spiro atoms. The molecule has 1 heterocycles. The fourth-order valence-electron chi connectivity index (χ4n) is 2.03. The maximum atomic E-state index is 12.3. The van der Waals surface area contributed by atoms with Crippen molar-refractivity contribution in [2.75, 3.05) is 5.32 Å². The van der Waals surface area contributed by atoms with Crippen LogP contribution in [0, 0.1) is 0 Å². The Balaban J connectivity index is 1.91. The van der Waals surface area contributed by atoms with Gasteiger partial charge in [-0.3, -0.25) is 4.79 Å². The van der Waals surface area contributed by atoms with Crippen molar-refractivity contribution < 1.29 is 4.79 Å². The summed E-state index contributed by atoms with van der Waals surface area (Å²) in [7, 11) is 0. The number of amides is 1. The van der Waals surface area contributed by atoms with Crippen LogP contribution in [0.15, 0.2) is 53.1 Å². The zero-order valence-corrected chi connectivity index (χ0v) is 12.6. The first-order valence-corrected chi connectivity index (χ1v) is 7.15. The van der Waals surface area contributed by atoms with Gasteiger partial charge in [0.25, 0.3) is 5.91 Å². The van der Waals surface area contributed by atoms with Gasteiger partial charge in [-0.1, -0.05) is 29.8 Å². The van der Waals surface area contributed by atoms with E-state index in [1.807, 2.05) is 24.3 Å². The lowest BCUT2D eigenvalue weighted by atomic mass is 10.1. The molecule has 100 valence electrons. The van der Waals surface area contributed by atoms with Gasteiger partial charge in [-0.05, 0) is 40.2 Å². The standard InChI is InChI=1S/C15H10BrClN2O/c16-12-7-9(5-6-13(12)17)19-15(20)11-8-18-14-4-2-1-3-10(11)14/h1-8,18H,(H,19,20). The van der Waals surface area contributed by atoms with Crippen molar-refractivity contribution in [3.8, 4) is 0 Å². The van der Waals surface area contributed by atoms with E-state index in [4.69, 9.17) is 11.6 Å². The molecule has 0 radical (unpaired) electrons. The van der Waals surface area contributed by atoms with Gasteiger partial charge in [0, 0.05) is 27.3 Å². The van der Waals surface area contributed by atoms with E-state index >= 15 is 0 Å². The van der Waals surface area contributed by atoms with Crippen LogP contribution in [0.3, 0.4) is 0 Å². The van der Waals surface area contributed by atoms with Crippen molar-refractivity contribution in [3.05, 3.63) is 63.7 Å². The Morgan fingerprint density at radius 3 is 2.80 bits per heavy atom. The Bertz CT molecular complexity index is 797. The second-order valence-corrected chi connectivity index (χ2v) is 5.59. The fourth-order valence-corrected chi connectivity index (χ4v) is 2.53.